The molecule has 1 aromatic carbocycles. The van der Waals surface area contributed by atoms with Crippen LogP contribution in [0.1, 0.15) is 0 Å². The van der Waals surface area contributed by atoms with Gasteiger partial charge in [0.1, 0.15) is 39.7 Å². The molecule has 0 amide bonds. The fourth-order valence-electron chi connectivity index (χ4n) is 2.89. The molecule has 0 saturated heterocycles. The number of thioether (sulfide) groups is 6. The molecular weight excluding hydrogens is 673 g/mol. The zero-order chi connectivity index (χ0) is 23.9. The highest BCUT2D eigenvalue weighted by Crippen LogP contribution is 2.41. The summed E-state index contributed by atoms with van der Waals surface area (Å²) < 4.78 is 14.0. The highest BCUT2D eigenvalue weighted by molar-refractivity contribution is 8.35. The molecule has 0 fully saturated rings. The maximum atomic E-state index is 3.48. The van der Waals surface area contributed by atoms with Gasteiger partial charge in [0.05, 0.1) is 12.7 Å². The largest absolute Gasteiger partial charge is 0.112 e. The van der Waals surface area contributed by atoms with E-state index in [2.05, 4.69) is 68.8 Å². The van der Waals surface area contributed by atoms with Crippen molar-refractivity contribution in [2.45, 2.75) is 0 Å². The lowest BCUT2D eigenvalue weighted by atomic mass is 10.5. The Morgan fingerprint density at radius 3 is 0.694 bits per heavy atom. The minimum Gasteiger partial charge on any atom is -0.112 e. The van der Waals surface area contributed by atoms with Gasteiger partial charge in [0, 0.05) is 0 Å². The minimum atomic E-state index is 1.05. The van der Waals surface area contributed by atoms with Crippen LogP contribution < -0.4 is 11.5 Å². The number of hydrogen-bond acceptors (Lipinski definition) is 12. The van der Waals surface area contributed by atoms with E-state index < -0.39 is 0 Å². The maximum absolute atomic E-state index is 3.48. The van der Waals surface area contributed by atoms with E-state index in [1.807, 2.05) is 0 Å². The predicted molar refractivity (Wildman–Crippen MR) is 181 cm³/mol. The monoisotopic (exact) mass is 678 g/mol. The summed E-state index contributed by atoms with van der Waals surface area (Å²) >= 11 is 21.2. The second-order valence-corrected chi connectivity index (χ2v) is 19.8. The maximum Gasteiger partial charge on any atom is 0.104 e. The topological polar surface area (TPSA) is 0 Å². The Bertz CT molecular complexity index is 1560. The fraction of sp³-hybridized carbons (Fsp3) is 0. The second-order valence-electron chi connectivity index (χ2n) is 6.59. The predicted octanol–water partition coefficient (Wildman–Crippen LogP) is 9.90. The molecule has 0 unspecified atom stereocenters. The van der Waals surface area contributed by atoms with E-state index in [9.17, 15) is 0 Å². The normalized spacial score (nSPS) is 16.2. The van der Waals surface area contributed by atoms with E-state index in [-0.39, 0.29) is 0 Å². The minimum absolute atomic E-state index is 1.05. The summed E-state index contributed by atoms with van der Waals surface area (Å²) in [6.07, 6.45) is 0. The van der Waals surface area contributed by atoms with E-state index in [1.165, 1.54) is 24.2 Å². The Balaban J connectivity index is 1.56. The molecule has 0 nitrogen and oxygen atoms in total. The van der Waals surface area contributed by atoms with Crippen molar-refractivity contribution >= 4 is 180 Å². The Morgan fingerprint density at radius 2 is 0.500 bits per heavy atom. The molecule has 0 bridgehead atoms. The number of rotatable bonds is 0. The molecule has 7 rings (SSSR count). The molecule has 174 valence electrons. The summed E-state index contributed by atoms with van der Waals surface area (Å²) in [6, 6.07) is 20.9. The summed E-state index contributed by atoms with van der Waals surface area (Å²) in [5.41, 5.74) is 0. The Morgan fingerprint density at radius 1 is 0.306 bits per heavy atom. The van der Waals surface area contributed by atoms with Crippen LogP contribution in [0.15, 0.2) is 32.4 Å². The fourth-order valence-corrected chi connectivity index (χ4v) is 16.3. The van der Waals surface area contributed by atoms with Gasteiger partial charge >= 0.3 is 0 Å². The first-order valence-electron chi connectivity index (χ1n) is 9.84. The van der Waals surface area contributed by atoms with Gasteiger partial charge in [0.2, 0.25) is 0 Å². The van der Waals surface area contributed by atoms with Gasteiger partial charge in [-0.3, -0.25) is 0 Å². The molecule has 3 aromatic heterocycles. The van der Waals surface area contributed by atoms with Gasteiger partial charge in [0.15, 0.2) is 0 Å². The van der Waals surface area contributed by atoms with Crippen molar-refractivity contribution in [3.8, 4) is 0 Å². The molecule has 0 atom stereocenters. The zero-order valence-corrected chi connectivity index (χ0v) is 27.2. The van der Waals surface area contributed by atoms with Crippen molar-refractivity contribution in [1.82, 2.24) is 0 Å². The van der Waals surface area contributed by atoms with Crippen LogP contribution in [0.2, 0.25) is 0 Å². The molecule has 0 spiro atoms. The molecule has 6 heterocycles. The zero-order valence-electron chi connectivity index (χ0n) is 17.4. The van der Waals surface area contributed by atoms with Gasteiger partial charge in [-0.05, 0) is 68.8 Å². The summed E-state index contributed by atoms with van der Waals surface area (Å²) in [4.78, 5) is 0. The summed E-state index contributed by atoms with van der Waals surface area (Å²) in [6.45, 7) is 0. The van der Waals surface area contributed by atoms with Crippen molar-refractivity contribution in [2.75, 3.05) is 0 Å². The summed E-state index contributed by atoms with van der Waals surface area (Å²) in [7, 11) is 0. The Kier molecular flexibility index (Phi) is 7.63. The number of hydrogen-bond donors (Lipinski definition) is 0. The molecule has 36 heavy (non-hydrogen) atoms. The molecule has 0 N–H and O–H groups in total. The van der Waals surface area contributed by atoms with E-state index in [1.54, 1.807) is 139 Å². The lowest BCUT2D eigenvalue weighted by Gasteiger charge is -1.86. The van der Waals surface area contributed by atoms with Gasteiger partial charge in [-0.25, -0.2) is 0 Å². The van der Waals surface area contributed by atoms with Crippen molar-refractivity contribution in [2.24, 2.45) is 0 Å². The van der Waals surface area contributed by atoms with Crippen molar-refractivity contribution in [1.29, 1.82) is 0 Å². The van der Waals surface area contributed by atoms with Crippen LogP contribution in [-0.4, -0.2) is 0 Å². The molecule has 12 heteroatoms. The average molecular weight is 679 g/mol. The van der Waals surface area contributed by atoms with Crippen LogP contribution in [0.4, 0.5) is 0 Å². The van der Waals surface area contributed by atoms with E-state index in [0.29, 0.717) is 0 Å². The highest BCUT2D eigenvalue weighted by atomic mass is 32.2. The van der Waals surface area contributed by atoms with Crippen molar-refractivity contribution in [3.05, 3.63) is 80.4 Å². The quantitative estimate of drug-likeness (QED) is 0.180. The standard InChI is InChI=1S/C24H6S12/c1-2-14-16(34-23(32-14)20-27-9-10-28-20)5-6-18-17(35-24(36-18)21-29-11-12-30-21)4-3-15-13(1)31-22(33-15)19-25-7-8-26-19/h7-12H. The third kappa shape index (κ3) is 5.16. The van der Waals surface area contributed by atoms with Gasteiger partial charge in [-0.15, -0.1) is 68.0 Å². The highest BCUT2D eigenvalue weighted by Gasteiger charge is 2.09. The van der Waals surface area contributed by atoms with Crippen LogP contribution in [0, 0.1) is 36.4 Å². The third-order valence-electron chi connectivity index (χ3n) is 4.37. The van der Waals surface area contributed by atoms with Crippen LogP contribution in [-0.2, 0) is 0 Å². The first-order valence-corrected chi connectivity index (χ1v) is 20.0. The van der Waals surface area contributed by atoms with Gasteiger partial charge in [-0.2, -0.15) is 0 Å². The van der Waals surface area contributed by atoms with E-state index >= 15 is 0 Å². The Hall–Kier alpha value is -0.240. The molecule has 3 aliphatic heterocycles. The molecule has 0 aliphatic carbocycles. The van der Waals surface area contributed by atoms with Crippen LogP contribution in [0.25, 0.3) is 40.9 Å². The molecular formula is C24H6S12. The van der Waals surface area contributed by atoms with Crippen LogP contribution in [0.5, 0.6) is 0 Å². The summed E-state index contributed by atoms with van der Waals surface area (Å²) in [5.74, 6) is 0. The summed E-state index contributed by atoms with van der Waals surface area (Å²) in [5, 5.41) is 12.8. The van der Waals surface area contributed by atoms with Gasteiger partial charge < -0.3 is 0 Å². The van der Waals surface area contributed by atoms with Crippen LogP contribution in [0.3, 0.4) is 0 Å². The Labute approximate surface area is 256 Å². The average Bonchev–Trinajstić information content (AvgIpc) is 3.70. The molecule has 0 radical (unpaired) electrons. The first kappa shape index (κ1) is 24.8. The lowest BCUT2D eigenvalue weighted by Crippen LogP contribution is -1.85. The third-order valence-corrected chi connectivity index (χ3v) is 19.6. The van der Waals surface area contributed by atoms with Crippen molar-refractivity contribution < 1.29 is 0 Å². The smallest absolute Gasteiger partial charge is 0.104 e. The van der Waals surface area contributed by atoms with Crippen LogP contribution >= 0.6 is 139 Å². The molecule has 3 aliphatic rings. The molecule has 4 aromatic rings. The number of fused-ring (bicyclic) bond motifs is 3. The second kappa shape index (κ2) is 11.1. The molecule has 0 saturated carbocycles. The van der Waals surface area contributed by atoms with E-state index in [4.69, 9.17) is 0 Å². The first-order chi connectivity index (χ1) is 17.8. The van der Waals surface area contributed by atoms with Gasteiger partial charge in [0.25, 0.3) is 0 Å². The van der Waals surface area contributed by atoms with Crippen molar-refractivity contribution in [3.63, 3.8) is 0 Å². The SMILES string of the molecule is c1c2sc(=C3SC=CS3)sc2c#cc2sc(=C3SC=CS3)sc2c#cc2sc(=C3SC=CS3)sc2c#1. The van der Waals surface area contributed by atoms with Gasteiger partial charge in [-0.1, -0.05) is 70.6 Å². The lowest BCUT2D eigenvalue weighted by molar-refractivity contribution is 2.13. The van der Waals surface area contributed by atoms with E-state index in [0.717, 1.165) is 28.2 Å².